The molecule has 1 nitrogen and oxygen atoms in total. The lowest BCUT2D eigenvalue weighted by Crippen LogP contribution is -2.22. The normalized spacial score (nSPS) is 13.9. The Balaban J connectivity index is 4.11. The van der Waals surface area contributed by atoms with Gasteiger partial charge in [-0.15, -0.1) is 0 Å². The molecule has 0 aromatic rings. The van der Waals surface area contributed by atoms with Gasteiger partial charge in [-0.1, -0.05) is 72.1 Å². The number of hydrogen-bond acceptors (Lipinski definition) is 1. The van der Waals surface area contributed by atoms with Gasteiger partial charge in [-0.05, 0) is 106 Å². The first-order valence-electron chi connectivity index (χ1n) is 12.3. The molecular formula is C29H51N. The molecule has 0 saturated heterocycles. The van der Waals surface area contributed by atoms with Crippen molar-refractivity contribution in [2.24, 2.45) is 0 Å². The van der Waals surface area contributed by atoms with E-state index in [0.29, 0.717) is 0 Å². The molecule has 0 aliphatic rings. The molecule has 0 fully saturated rings. The van der Waals surface area contributed by atoms with Gasteiger partial charge in [-0.2, -0.15) is 0 Å². The van der Waals surface area contributed by atoms with E-state index in [2.05, 4.69) is 90.7 Å². The average Bonchev–Trinajstić information content (AvgIpc) is 2.68. The monoisotopic (exact) mass is 413 g/mol. The van der Waals surface area contributed by atoms with Crippen molar-refractivity contribution in [3.63, 3.8) is 0 Å². The van der Waals surface area contributed by atoms with E-state index in [9.17, 15) is 0 Å². The Bertz CT molecular complexity index is 590. The maximum absolute atomic E-state index is 2.46. The van der Waals surface area contributed by atoms with Gasteiger partial charge < -0.3 is 4.90 Å². The smallest absolute Gasteiger partial charge is 0.0165 e. The van der Waals surface area contributed by atoms with Crippen molar-refractivity contribution < 1.29 is 0 Å². The topological polar surface area (TPSA) is 3.24 Å². The van der Waals surface area contributed by atoms with E-state index < -0.39 is 0 Å². The standard InChI is InChI=1S/C29H51N/c1-9-30(10-2)24-23-29(8)22-14-21-28(7)20-13-19-27(6)18-12-17-26(5)16-11-15-25(3)4/h15,17,19,21,23H,9-14,16,18,20,22,24H2,1-8H3/b26-17+,27-19?,28-21?,29-23?. The fourth-order valence-electron chi connectivity index (χ4n) is 3.40. The highest BCUT2D eigenvalue weighted by Gasteiger charge is 1.97. The lowest BCUT2D eigenvalue weighted by atomic mass is 10.0. The molecule has 0 bridgehead atoms. The largest absolute Gasteiger partial charge is 0.300 e. The van der Waals surface area contributed by atoms with Gasteiger partial charge >= 0.3 is 0 Å². The van der Waals surface area contributed by atoms with Crippen LogP contribution in [0.2, 0.25) is 0 Å². The molecule has 0 aromatic carbocycles. The van der Waals surface area contributed by atoms with E-state index in [-0.39, 0.29) is 0 Å². The Hall–Kier alpha value is -1.34. The lowest BCUT2D eigenvalue weighted by molar-refractivity contribution is 0.336. The van der Waals surface area contributed by atoms with Crippen LogP contribution in [0.3, 0.4) is 0 Å². The highest BCUT2D eigenvalue weighted by atomic mass is 15.1. The minimum Gasteiger partial charge on any atom is -0.300 e. The van der Waals surface area contributed by atoms with Gasteiger partial charge in [0.05, 0.1) is 0 Å². The third-order valence-electron chi connectivity index (χ3n) is 5.78. The summed E-state index contributed by atoms with van der Waals surface area (Å²) >= 11 is 0. The van der Waals surface area contributed by atoms with Crippen LogP contribution in [0.4, 0.5) is 0 Å². The van der Waals surface area contributed by atoms with E-state index in [1.165, 1.54) is 79.2 Å². The lowest BCUT2D eigenvalue weighted by Gasteiger charge is -2.15. The van der Waals surface area contributed by atoms with Crippen molar-refractivity contribution in [2.45, 2.75) is 107 Å². The van der Waals surface area contributed by atoms with Gasteiger partial charge in [0, 0.05) is 6.54 Å². The van der Waals surface area contributed by atoms with Gasteiger partial charge in [-0.25, -0.2) is 0 Å². The van der Waals surface area contributed by atoms with Crippen LogP contribution in [-0.2, 0) is 0 Å². The predicted molar refractivity (Wildman–Crippen MR) is 139 cm³/mol. The van der Waals surface area contributed by atoms with E-state index >= 15 is 0 Å². The molecule has 0 aromatic heterocycles. The molecule has 30 heavy (non-hydrogen) atoms. The summed E-state index contributed by atoms with van der Waals surface area (Å²) in [6, 6.07) is 0. The number of allylic oxidation sites excluding steroid dienone is 9. The molecule has 0 aliphatic heterocycles. The summed E-state index contributed by atoms with van der Waals surface area (Å²) in [6.07, 6.45) is 21.5. The van der Waals surface area contributed by atoms with Crippen molar-refractivity contribution in [3.05, 3.63) is 58.2 Å². The first-order valence-corrected chi connectivity index (χ1v) is 12.3. The van der Waals surface area contributed by atoms with Gasteiger partial charge in [0.15, 0.2) is 0 Å². The zero-order valence-corrected chi connectivity index (χ0v) is 21.6. The molecule has 0 heterocycles. The Kier molecular flexibility index (Phi) is 17.6. The summed E-state index contributed by atoms with van der Waals surface area (Å²) < 4.78 is 0. The molecular weight excluding hydrogens is 362 g/mol. The maximum Gasteiger partial charge on any atom is 0.0165 e. The predicted octanol–water partition coefficient (Wildman–Crippen LogP) is 9.20. The third kappa shape index (κ3) is 17.5. The quantitative estimate of drug-likeness (QED) is 0.228. The van der Waals surface area contributed by atoms with Crippen molar-refractivity contribution >= 4 is 0 Å². The van der Waals surface area contributed by atoms with Gasteiger partial charge in [0.1, 0.15) is 0 Å². The summed E-state index contributed by atoms with van der Waals surface area (Å²) in [5.74, 6) is 0. The van der Waals surface area contributed by atoms with E-state index in [0.717, 1.165) is 19.6 Å². The first-order chi connectivity index (χ1) is 14.3. The number of likely N-dealkylation sites (N-methyl/N-ethyl adjacent to an activating group) is 1. The van der Waals surface area contributed by atoms with E-state index in [1.54, 1.807) is 0 Å². The summed E-state index contributed by atoms with van der Waals surface area (Å²) in [5, 5.41) is 0. The molecule has 0 N–H and O–H groups in total. The summed E-state index contributed by atoms with van der Waals surface area (Å²) in [4.78, 5) is 2.46. The molecule has 0 saturated carbocycles. The molecule has 0 radical (unpaired) electrons. The van der Waals surface area contributed by atoms with Gasteiger partial charge in [0.2, 0.25) is 0 Å². The van der Waals surface area contributed by atoms with Crippen molar-refractivity contribution in [2.75, 3.05) is 19.6 Å². The molecule has 0 atom stereocenters. The molecule has 0 amide bonds. The maximum atomic E-state index is 2.46. The Morgan fingerprint density at radius 3 is 1.17 bits per heavy atom. The number of nitrogens with zero attached hydrogens (tertiary/aromatic N) is 1. The third-order valence-corrected chi connectivity index (χ3v) is 5.78. The molecule has 0 aliphatic carbocycles. The zero-order valence-electron chi connectivity index (χ0n) is 21.6. The average molecular weight is 414 g/mol. The Labute approximate surface area is 189 Å². The van der Waals surface area contributed by atoms with Crippen LogP contribution in [0, 0.1) is 0 Å². The van der Waals surface area contributed by atoms with Crippen molar-refractivity contribution in [1.29, 1.82) is 0 Å². The van der Waals surface area contributed by atoms with Gasteiger partial charge in [-0.3, -0.25) is 0 Å². The minimum atomic E-state index is 1.09. The van der Waals surface area contributed by atoms with Crippen LogP contribution in [0.1, 0.15) is 107 Å². The van der Waals surface area contributed by atoms with E-state index in [4.69, 9.17) is 0 Å². The minimum absolute atomic E-state index is 1.09. The zero-order chi connectivity index (χ0) is 22.8. The van der Waals surface area contributed by atoms with Crippen LogP contribution in [-0.4, -0.2) is 24.5 Å². The van der Waals surface area contributed by atoms with Crippen LogP contribution >= 0.6 is 0 Å². The number of hydrogen-bond donors (Lipinski definition) is 0. The molecule has 172 valence electrons. The van der Waals surface area contributed by atoms with E-state index in [1.807, 2.05) is 0 Å². The molecule has 1 heteroatoms. The van der Waals surface area contributed by atoms with Gasteiger partial charge in [0.25, 0.3) is 0 Å². The second kappa shape index (κ2) is 18.4. The molecule has 0 spiro atoms. The van der Waals surface area contributed by atoms with Crippen LogP contribution in [0.15, 0.2) is 58.2 Å². The van der Waals surface area contributed by atoms with Crippen molar-refractivity contribution in [3.8, 4) is 0 Å². The summed E-state index contributed by atoms with van der Waals surface area (Å²) in [6.45, 7) is 21.3. The fraction of sp³-hybridized carbons (Fsp3) is 0.655. The number of rotatable bonds is 16. The highest BCUT2D eigenvalue weighted by molar-refractivity contribution is 5.08. The van der Waals surface area contributed by atoms with Crippen LogP contribution in [0.25, 0.3) is 0 Å². The Morgan fingerprint density at radius 1 is 0.500 bits per heavy atom. The van der Waals surface area contributed by atoms with Crippen LogP contribution in [0.5, 0.6) is 0 Å². The summed E-state index contributed by atoms with van der Waals surface area (Å²) in [7, 11) is 0. The first kappa shape index (κ1) is 28.7. The SMILES string of the molecule is CCN(CC)CC=C(C)CCC=C(C)CCC=C(C)CC/C=C(\C)CCC=C(C)C. The Morgan fingerprint density at radius 2 is 0.833 bits per heavy atom. The second-order valence-electron chi connectivity index (χ2n) is 9.12. The fourth-order valence-corrected chi connectivity index (χ4v) is 3.40. The van der Waals surface area contributed by atoms with Crippen molar-refractivity contribution in [1.82, 2.24) is 4.90 Å². The second-order valence-corrected chi connectivity index (χ2v) is 9.12. The molecule has 0 unspecified atom stereocenters. The van der Waals surface area contributed by atoms with Crippen LogP contribution < -0.4 is 0 Å². The summed E-state index contributed by atoms with van der Waals surface area (Å²) in [5.41, 5.74) is 7.54. The molecule has 0 rings (SSSR count). The highest BCUT2D eigenvalue weighted by Crippen LogP contribution is 2.14.